The molecule has 1 fully saturated rings. The maximum absolute atomic E-state index is 5.90. The minimum Gasteiger partial charge on any atom is -0.438 e. The Balaban J connectivity index is 2.10. The first-order valence-corrected chi connectivity index (χ1v) is 5.76. The van der Waals surface area contributed by atoms with E-state index in [0.29, 0.717) is 12.2 Å². The molecule has 1 aliphatic rings. The average Bonchev–Trinajstić information content (AvgIpc) is 2.96. The van der Waals surface area contributed by atoms with E-state index in [4.69, 9.17) is 10.2 Å². The van der Waals surface area contributed by atoms with Gasteiger partial charge < -0.3 is 10.2 Å². The van der Waals surface area contributed by atoms with Crippen molar-refractivity contribution in [1.29, 1.82) is 0 Å². The van der Waals surface area contributed by atoms with E-state index in [0.717, 1.165) is 24.3 Å². The molecule has 2 aromatic rings. The van der Waals surface area contributed by atoms with Crippen molar-refractivity contribution >= 4 is 11.2 Å². The van der Waals surface area contributed by atoms with Crippen LogP contribution in [-0.4, -0.2) is 16.5 Å². The van der Waals surface area contributed by atoms with Crippen molar-refractivity contribution in [1.82, 2.24) is 9.97 Å². The minimum absolute atomic E-state index is 0.0410. The lowest BCUT2D eigenvalue weighted by Crippen LogP contribution is -2.32. The van der Waals surface area contributed by atoms with Gasteiger partial charge in [0.2, 0.25) is 5.89 Å². The van der Waals surface area contributed by atoms with Gasteiger partial charge in [0.25, 0.3) is 0 Å². The highest BCUT2D eigenvalue weighted by molar-refractivity contribution is 5.67. The summed E-state index contributed by atoms with van der Waals surface area (Å²) in [6, 6.07) is 3.76. The number of oxazole rings is 1. The Kier molecular flexibility index (Phi) is 2.17. The lowest BCUT2D eigenvalue weighted by Gasteiger charge is -2.22. The zero-order chi connectivity index (χ0) is 11.0. The molecular weight excluding hydrogens is 202 g/mol. The van der Waals surface area contributed by atoms with Crippen molar-refractivity contribution in [3.05, 3.63) is 24.2 Å². The number of fused-ring (bicyclic) bond motifs is 1. The first-order valence-electron chi connectivity index (χ1n) is 5.76. The van der Waals surface area contributed by atoms with Gasteiger partial charge in [0.15, 0.2) is 11.2 Å². The highest BCUT2D eigenvalue weighted by atomic mass is 16.3. The van der Waals surface area contributed by atoms with Crippen LogP contribution in [0, 0.1) is 0 Å². The molecular formula is C12H15N3O. The third-order valence-corrected chi connectivity index (χ3v) is 3.57. The molecule has 16 heavy (non-hydrogen) atoms. The lowest BCUT2D eigenvalue weighted by molar-refractivity contribution is 0.344. The van der Waals surface area contributed by atoms with E-state index < -0.39 is 0 Å². The van der Waals surface area contributed by atoms with E-state index in [1.54, 1.807) is 6.20 Å². The fraction of sp³-hybridized carbons (Fsp3) is 0.500. The summed E-state index contributed by atoms with van der Waals surface area (Å²) in [6.45, 7) is 0.611. The van der Waals surface area contributed by atoms with Crippen LogP contribution in [0.5, 0.6) is 0 Å². The Hall–Kier alpha value is -1.42. The average molecular weight is 217 g/mol. The van der Waals surface area contributed by atoms with Crippen LogP contribution in [0.1, 0.15) is 31.6 Å². The van der Waals surface area contributed by atoms with Gasteiger partial charge in [-0.1, -0.05) is 12.8 Å². The van der Waals surface area contributed by atoms with Crippen molar-refractivity contribution in [2.24, 2.45) is 5.73 Å². The number of hydrogen-bond donors (Lipinski definition) is 1. The van der Waals surface area contributed by atoms with Crippen LogP contribution in [0.3, 0.4) is 0 Å². The topological polar surface area (TPSA) is 64.9 Å². The Labute approximate surface area is 93.9 Å². The summed E-state index contributed by atoms with van der Waals surface area (Å²) >= 11 is 0. The molecule has 2 heterocycles. The standard InChI is InChI=1S/C12H15N3O/c13-8-12(5-1-2-6-12)11-15-10-9(16-11)4-3-7-14-10/h3-4,7H,1-2,5-6,8,13H2. The van der Waals surface area contributed by atoms with Gasteiger partial charge in [-0.25, -0.2) is 4.98 Å². The molecule has 0 aromatic carbocycles. The van der Waals surface area contributed by atoms with Gasteiger partial charge in [-0.15, -0.1) is 0 Å². The second-order valence-corrected chi connectivity index (χ2v) is 4.54. The molecule has 84 valence electrons. The fourth-order valence-corrected chi connectivity index (χ4v) is 2.55. The largest absolute Gasteiger partial charge is 0.438 e. The minimum atomic E-state index is -0.0410. The summed E-state index contributed by atoms with van der Waals surface area (Å²) in [5, 5.41) is 0. The number of hydrogen-bond acceptors (Lipinski definition) is 4. The molecule has 2 N–H and O–H groups in total. The zero-order valence-corrected chi connectivity index (χ0v) is 9.15. The van der Waals surface area contributed by atoms with Crippen molar-refractivity contribution < 1.29 is 4.42 Å². The zero-order valence-electron chi connectivity index (χ0n) is 9.15. The molecule has 0 spiro atoms. The Morgan fingerprint density at radius 1 is 1.38 bits per heavy atom. The van der Waals surface area contributed by atoms with E-state index in [9.17, 15) is 0 Å². The van der Waals surface area contributed by atoms with Crippen molar-refractivity contribution in [2.75, 3.05) is 6.54 Å². The van der Waals surface area contributed by atoms with Crippen molar-refractivity contribution in [3.63, 3.8) is 0 Å². The van der Waals surface area contributed by atoms with Gasteiger partial charge in [0.1, 0.15) is 0 Å². The molecule has 4 heteroatoms. The molecule has 4 nitrogen and oxygen atoms in total. The summed E-state index contributed by atoms with van der Waals surface area (Å²) < 4.78 is 5.79. The molecule has 0 amide bonds. The summed E-state index contributed by atoms with van der Waals surface area (Å²) in [5.74, 6) is 0.779. The smallest absolute Gasteiger partial charge is 0.204 e. The molecule has 0 atom stereocenters. The summed E-state index contributed by atoms with van der Waals surface area (Å²) in [7, 11) is 0. The molecule has 0 saturated heterocycles. The second kappa shape index (κ2) is 3.56. The monoisotopic (exact) mass is 217 g/mol. The Bertz CT molecular complexity index is 467. The highest BCUT2D eigenvalue weighted by Gasteiger charge is 2.39. The lowest BCUT2D eigenvalue weighted by atomic mass is 9.86. The highest BCUT2D eigenvalue weighted by Crippen LogP contribution is 2.40. The van der Waals surface area contributed by atoms with E-state index in [1.165, 1.54) is 12.8 Å². The van der Waals surface area contributed by atoms with Gasteiger partial charge in [0, 0.05) is 12.7 Å². The third-order valence-electron chi connectivity index (χ3n) is 3.57. The van der Waals surface area contributed by atoms with E-state index in [-0.39, 0.29) is 5.41 Å². The Morgan fingerprint density at radius 3 is 2.88 bits per heavy atom. The van der Waals surface area contributed by atoms with Crippen LogP contribution in [0.4, 0.5) is 0 Å². The van der Waals surface area contributed by atoms with E-state index in [1.807, 2.05) is 12.1 Å². The van der Waals surface area contributed by atoms with E-state index in [2.05, 4.69) is 9.97 Å². The molecule has 1 saturated carbocycles. The second-order valence-electron chi connectivity index (χ2n) is 4.54. The summed E-state index contributed by atoms with van der Waals surface area (Å²) in [5.41, 5.74) is 7.31. The number of nitrogens with two attached hydrogens (primary N) is 1. The predicted octanol–water partition coefficient (Wildman–Crippen LogP) is 1.99. The first-order chi connectivity index (χ1) is 7.84. The van der Waals surface area contributed by atoms with E-state index >= 15 is 0 Å². The Morgan fingerprint density at radius 2 is 2.19 bits per heavy atom. The third kappa shape index (κ3) is 1.33. The SMILES string of the molecule is NCC1(c2nc3ncccc3o2)CCCC1. The van der Waals surface area contributed by atoms with Crippen molar-refractivity contribution in [3.8, 4) is 0 Å². The van der Waals surface area contributed by atoms with Crippen LogP contribution in [0.25, 0.3) is 11.2 Å². The molecule has 2 aromatic heterocycles. The summed E-state index contributed by atoms with van der Waals surface area (Å²) in [6.07, 6.45) is 6.32. The van der Waals surface area contributed by atoms with Crippen LogP contribution < -0.4 is 5.73 Å². The van der Waals surface area contributed by atoms with Crippen LogP contribution in [-0.2, 0) is 5.41 Å². The molecule has 3 rings (SSSR count). The number of rotatable bonds is 2. The van der Waals surface area contributed by atoms with Crippen molar-refractivity contribution in [2.45, 2.75) is 31.1 Å². The fourth-order valence-electron chi connectivity index (χ4n) is 2.55. The van der Waals surface area contributed by atoms with Gasteiger partial charge in [0.05, 0.1) is 5.41 Å². The molecule has 0 radical (unpaired) electrons. The number of pyridine rings is 1. The maximum atomic E-state index is 5.90. The van der Waals surface area contributed by atoms with Gasteiger partial charge in [-0.2, -0.15) is 4.98 Å². The quantitative estimate of drug-likeness (QED) is 0.835. The van der Waals surface area contributed by atoms with Gasteiger partial charge in [-0.05, 0) is 25.0 Å². The van der Waals surface area contributed by atoms with Crippen LogP contribution >= 0.6 is 0 Å². The molecule has 0 aliphatic heterocycles. The maximum Gasteiger partial charge on any atom is 0.204 e. The summed E-state index contributed by atoms with van der Waals surface area (Å²) in [4.78, 5) is 8.67. The molecule has 1 aliphatic carbocycles. The number of aromatic nitrogens is 2. The molecule has 0 bridgehead atoms. The molecule has 0 unspecified atom stereocenters. The van der Waals surface area contributed by atoms with Gasteiger partial charge >= 0.3 is 0 Å². The predicted molar refractivity (Wildman–Crippen MR) is 61.0 cm³/mol. The number of nitrogens with zero attached hydrogens (tertiary/aromatic N) is 2. The first kappa shape index (κ1) is 9.78. The normalized spacial score (nSPS) is 19.3. The van der Waals surface area contributed by atoms with Crippen LogP contribution in [0.15, 0.2) is 22.7 Å². The van der Waals surface area contributed by atoms with Crippen LogP contribution in [0.2, 0.25) is 0 Å². The van der Waals surface area contributed by atoms with Gasteiger partial charge in [-0.3, -0.25) is 0 Å².